The van der Waals surface area contributed by atoms with Crippen LogP contribution in [0.25, 0.3) is 0 Å². The van der Waals surface area contributed by atoms with E-state index in [1.165, 1.54) is 24.6 Å². The van der Waals surface area contributed by atoms with Gasteiger partial charge in [0, 0.05) is 22.9 Å². The third-order valence-corrected chi connectivity index (χ3v) is 3.72. The molecule has 21 heavy (non-hydrogen) atoms. The van der Waals surface area contributed by atoms with Gasteiger partial charge in [-0.05, 0) is 50.7 Å². The van der Waals surface area contributed by atoms with Crippen molar-refractivity contribution in [2.24, 2.45) is 11.0 Å². The number of nitro benzene ring substituents is 1. The Morgan fingerprint density at radius 3 is 2.86 bits per heavy atom. The zero-order chi connectivity index (χ0) is 15.4. The summed E-state index contributed by atoms with van der Waals surface area (Å²) in [6.07, 6.45) is 4.14. The maximum atomic E-state index is 12.0. The zero-order valence-corrected chi connectivity index (χ0v) is 12.3. The topological polar surface area (TPSA) is 84.6 Å². The fraction of sp³-hybridized carbons (Fsp3) is 0.467. The molecule has 0 heterocycles. The van der Waals surface area contributed by atoms with Crippen LogP contribution >= 0.6 is 0 Å². The number of rotatable bonds is 3. The van der Waals surface area contributed by atoms with E-state index in [1.54, 1.807) is 6.92 Å². The fourth-order valence-electron chi connectivity index (χ4n) is 2.56. The molecule has 0 radical (unpaired) electrons. The second kappa shape index (κ2) is 6.47. The smallest absolute Gasteiger partial charge is 0.267 e. The molecule has 6 heteroatoms. The first-order valence-corrected chi connectivity index (χ1v) is 7.08. The number of carbonyl (C=O) groups is 1. The molecular weight excluding hydrogens is 270 g/mol. The quantitative estimate of drug-likeness (QED) is 0.685. The number of nitrogens with zero attached hydrogens (tertiary/aromatic N) is 2. The summed E-state index contributed by atoms with van der Waals surface area (Å²) in [6, 6.07) is 4.31. The second-order valence-corrected chi connectivity index (χ2v) is 5.58. The van der Waals surface area contributed by atoms with Crippen LogP contribution in [0.5, 0.6) is 0 Å². The van der Waals surface area contributed by atoms with Crippen LogP contribution in [0.4, 0.5) is 5.69 Å². The normalized spacial score (nSPS) is 20.3. The van der Waals surface area contributed by atoms with Crippen molar-refractivity contribution in [3.8, 4) is 0 Å². The molecule has 0 aliphatic heterocycles. The van der Waals surface area contributed by atoms with E-state index in [-0.39, 0.29) is 11.6 Å². The third-order valence-electron chi connectivity index (χ3n) is 3.72. The highest BCUT2D eigenvalue weighted by Gasteiger charge is 2.16. The minimum Gasteiger partial charge on any atom is -0.267 e. The number of nitrogens with one attached hydrogen (secondary N) is 1. The first-order chi connectivity index (χ1) is 9.97. The Bertz CT molecular complexity index is 596. The van der Waals surface area contributed by atoms with E-state index in [0.717, 1.165) is 25.0 Å². The maximum Gasteiger partial charge on any atom is 0.272 e. The van der Waals surface area contributed by atoms with Crippen LogP contribution in [-0.4, -0.2) is 16.5 Å². The van der Waals surface area contributed by atoms with Crippen molar-refractivity contribution in [3.05, 3.63) is 39.4 Å². The van der Waals surface area contributed by atoms with E-state index in [9.17, 15) is 14.9 Å². The van der Waals surface area contributed by atoms with Crippen molar-refractivity contribution in [1.29, 1.82) is 0 Å². The number of hydrogen-bond donors (Lipinski definition) is 1. The number of hydrazone groups is 1. The van der Waals surface area contributed by atoms with Gasteiger partial charge < -0.3 is 0 Å². The van der Waals surface area contributed by atoms with Gasteiger partial charge in [0.05, 0.1) is 4.92 Å². The van der Waals surface area contributed by atoms with Crippen molar-refractivity contribution < 1.29 is 9.72 Å². The minimum absolute atomic E-state index is 0.0129. The number of carbonyl (C=O) groups excluding carboxylic acids is 1. The Balaban J connectivity index is 2.05. The highest BCUT2D eigenvalue weighted by atomic mass is 16.6. The monoisotopic (exact) mass is 289 g/mol. The summed E-state index contributed by atoms with van der Waals surface area (Å²) >= 11 is 0. The molecule has 1 atom stereocenters. The number of benzene rings is 1. The van der Waals surface area contributed by atoms with Crippen molar-refractivity contribution in [1.82, 2.24) is 5.43 Å². The lowest BCUT2D eigenvalue weighted by atomic mass is 9.89. The van der Waals surface area contributed by atoms with Crippen molar-refractivity contribution in [2.45, 2.75) is 39.5 Å². The zero-order valence-electron chi connectivity index (χ0n) is 12.3. The average Bonchev–Trinajstić information content (AvgIpc) is 2.44. The predicted octanol–water partition coefficient (Wildman–Crippen LogP) is 3.20. The summed E-state index contributed by atoms with van der Waals surface area (Å²) in [7, 11) is 0. The number of hydrogen-bond acceptors (Lipinski definition) is 4. The van der Waals surface area contributed by atoms with Crippen LogP contribution in [-0.2, 0) is 0 Å². The van der Waals surface area contributed by atoms with Gasteiger partial charge in [-0.25, -0.2) is 5.43 Å². The summed E-state index contributed by atoms with van der Waals surface area (Å²) in [5.41, 5.74) is 4.42. The summed E-state index contributed by atoms with van der Waals surface area (Å²) < 4.78 is 0. The lowest BCUT2D eigenvalue weighted by Gasteiger charge is -2.18. The summed E-state index contributed by atoms with van der Waals surface area (Å²) in [6.45, 7) is 3.79. The highest BCUT2D eigenvalue weighted by Crippen LogP contribution is 2.21. The van der Waals surface area contributed by atoms with Gasteiger partial charge in [-0.15, -0.1) is 0 Å². The molecular formula is C15H19N3O3. The Kier molecular flexibility index (Phi) is 4.67. The van der Waals surface area contributed by atoms with Crippen LogP contribution < -0.4 is 5.43 Å². The number of aryl methyl sites for hydroxylation is 1. The summed E-state index contributed by atoms with van der Waals surface area (Å²) in [5.74, 6) is 0.273. The molecule has 1 aliphatic rings. The van der Waals surface area contributed by atoms with Crippen LogP contribution in [0.15, 0.2) is 23.3 Å². The molecule has 1 aromatic rings. The average molecular weight is 289 g/mol. The van der Waals surface area contributed by atoms with Gasteiger partial charge in [-0.3, -0.25) is 14.9 Å². The van der Waals surface area contributed by atoms with Gasteiger partial charge in [0.2, 0.25) is 0 Å². The Morgan fingerprint density at radius 2 is 2.24 bits per heavy atom. The third kappa shape index (κ3) is 3.87. The molecule has 1 aromatic carbocycles. The highest BCUT2D eigenvalue weighted by molar-refractivity contribution is 5.96. The van der Waals surface area contributed by atoms with Crippen LogP contribution in [0.2, 0.25) is 0 Å². The van der Waals surface area contributed by atoms with Crippen molar-refractivity contribution in [3.63, 3.8) is 0 Å². The van der Waals surface area contributed by atoms with Gasteiger partial charge >= 0.3 is 0 Å². The standard InChI is InChI=1S/C15H19N3O3/c1-10-4-3-5-13(8-10)16-17-15(19)12-6-7-14(18(20)21)11(2)9-12/h6-7,9-10H,3-5,8H2,1-2H3,(H,17,19)/b16-13-/t10-/m1/s1. The minimum atomic E-state index is -0.458. The van der Waals surface area contributed by atoms with E-state index in [0.29, 0.717) is 17.0 Å². The number of amides is 1. The van der Waals surface area contributed by atoms with E-state index in [1.807, 2.05) is 0 Å². The van der Waals surface area contributed by atoms with E-state index < -0.39 is 4.92 Å². The molecule has 0 unspecified atom stereocenters. The van der Waals surface area contributed by atoms with E-state index >= 15 is 0 Å². The first-order valence-electron chi connectivity index (χ1n) is 7.08. The Morgan fingerprint density at radius 1 is 1.48 bits per heavy atom. The van der Waals surface area contributed by atoms with Gasteiger partial charge in [-0.2, -0.15) is 5.10 Å². The largest absolute Gasteiger partial charge is 0.272 e. The molecule has 0 bridgehead atoms. The summed E-state index contributed by atoms with van der Waals surface area (Å²) in [5, 5.41) is 14.9. The summed E-state index contributed by atoms with van der Waals surface area (Å²) in [4.78, 5) is 22.3. The molecule has 112 valence electrons. The Hall–Kier alpha value is -2.24. The van der Waals surface area contributed by atoms with E-state index in [4.69, 9.17) is 0 Å². The van der Waals surface area contributed by atoms with Gasteiger partial charge in [0.25, 0.3) is 11.6 Å². The number of nitro groups is 1. The lowest BCUT2D eigenvalue weighted by Crippen LogP contribution is -2.22. The molecule has 0 aromatic heterocycles. The molecule has 1 fully saturated rings. The molecule has 2 rings (SSSR count). The van der Waals surface area contributed by atoms with Crippen LogP contribution in [0, 0.1) is 23.0 Å². The van der Waals surface area contributed by atoms with Crippen LogP contribution in [0.3, 0.4) is 0 Å². The van der Waals surface area contributed by atoms with Crippen molar-refractivity contribution >= 4 is 17.3 Å². The molecule has 6 nitrogen and oxygen atoms in total. The van der Waals surface area contributed by atoms with Gasteiger partial charge in [0.15, 0.2) is 0 Å². The second-order valence-electron chi connectivity index (χ2n) is 5.58. The maximum absolute atomic E-state index is 12.0. The lowest BCUT2D eigenvalue weighted by molar-refractivity contribution is -0.385. The molecule has 0 saturated heterocycles. The van der Waals surface area contributed by atoms with Crippen molar-refractivity contribution in [2.75, 3.05) is 0 Å². The first kappa shape index (κ1) is 15.2. The SMILES string of the molecule is Cc1cc(C(=O)N/N=C2/CCC[C@@H](C)C2)ccc1[N+](=O)[O-]. The molecule has 0 spiro atoms. The molecule has 1 amide bonds. The molecule has 1 aliphatic carbocycles. The fourth-order valence-corrected chi connectivity index (χ4v) is 2.56. The van der Waals surface area contributed by atoms with E-state index in [2.05, 4.69) is 17.5 Å². The molecule has 1 saturated carbocycles. The Labute approximate surface area is 123 Å². The van der Waals surface area contributed by atoms with Crippen LogP contribution in [0.1, 0.15) is 48.5 Å². The van der Waals surface area contributed by atoms with Gasteiger partial charge in [0.1, 0.15) is 0 Å². The van der Waals surface area contributed by atoms with Gasteiger partial charge in [-0.1, -0.05) is 6.92 Å². The predicted molar refractivity (Wildman–Crippen MR) is 80.4 cm³/mol. The molecule has 1 N–H and O–H groups in total.